The first-order valence-corrected chi connectivity index (χ1v) is 9.95. The lowest BCUT2D eigenvalue weighted by Crippen LogP contribution is -2.54. The predicted molar refractivity (Wildman–Crippen MR) is 106 cm³/mol. The predicted octanol–water partition coefficient (Wildman–Crippen LogP) is 4.28. The number of piperidine rings is 1. The van der Waals surface area contributed by atoms with E-state index < -0.39 is 17.5 Å². The van der Waals surface area contributed by atoms with Crippen LogP contribution in [0.5, 0.6) is 0 Å². The molecule has 0 aromatic heterocycles. The third kappa shape index (κ3) is 5.02. The van der Waals surface area contributed by atoms with Crippen molar-refractivity contribution in [3.63, 3.8) is 0 Å². The molecule has 2 rings (SSSR count). The van der Waals surface area contributed by atoms with Crippen LogP contribution in [0.2, 0.25) is 5.02 Å². The van der Waals surface area contributed by atoms with Gasteiger partial charge in [0.25, 0.3) is 0 Å². The SMILES string of the molecule is CC[C@@H]([C@H](C)C(C)(C)O)N1C(=O)[C@@H](CC(=O)O)CC[C@H]1c1ccc(Cl)cc1. The van der Waals surface area contributed by atoms with Gasteiger partial charge in [-0.2, -0.15) is 0 Å². The fraction of sp³-hybridized carbons (Fsp3) is 0.619. The molecule has 1 fully saturated rings. The smallest absolute Gasteiger partial charge is 0.304 e. The number of aliphatic hydroxyl groups is 1. The lowest BCUT2D eigenvalue weighted by Gasteiger charge is -2.48. The van der Waals surface area contributed by atoms with Crippen molar-refractivity contribution in [3.8, 4) is 0 Å². The first-order valence-electron chi connectivity index (χ1n) is 9.58. The number of nitrogens with zero attached hydrogens (tertiary/aromatic N) is 1. The van der Waals surface area contributed by atoms with Gasteiger partial charge in [0, 0.05) is 22.9 Å². The van der Waals surface area contributed by atoms with Crippen molar-refractivity contribution in [2.24, 2.45) is 11.8 Å². The van der Waals surface area contributed by atoms with E-state index in [1.165, 1.54) is 0 Å². The minimum atomic E-state index is -0.957. The van der Waals surface area contributed by atoms with Crippen molar-refractivity contribution >= 4 is 23.5 Å². The van der Waals surface area contributed by atoms with Gasteiger partial charge in [-0.1, -0.05) is 37.6 Å². The fourth-order valence-corrected chi connectivity index (χ4v) is 4.18. The number of halogens is 1. The van der Waals surface area contributed by atoms with Gasteiger partial charge in [0.05, 0.1) is 18.1 Å². The van der Waals surface area contributed by atoms with Gasteiger partial charge in [0.1, 0.15) is 0 Å². The molecule has 0 spiro atoms. The summed E-state index contributed by atoms with van der Waals surface area (Å²) < 4.78 is 0. The number of carbonyl (C=O) groups excluding carboxylic acids is 1. The Balaban J connectivity index is 2.44. The molecule has 1 aliphatic rings. The van der Waals surface area contributed by atoms with Crippen LogP contribution in [0.3, 0.4) is 0 Å². The highest BCUT2D eigenvalue weighted by atomic mass is 35.5. The highest BCUT2D eigenvalue weighted by Gasteiger charge is 2.44. The minimum absolute atomic E-state index is 0.133. The zero-order chi connectivity index (χ0) is 20.4. The van der Waals surface area contributed by atoms with Crippen LogP contribution in [0.1, 0.15) is 65.0 Å². The molecule has 0 saturated carbocycles. The maximum Gasteiger partial charge on any atom is 0.304 e. The lowest BCUT2D eigenvalue weighted by molar-refractivity contribution is -0.154. The van der Waals surface area contributed by atoms with Gasteiger partial charge < -0.3 is 15.1 Å². The second-order valence-electron chi connectivity index (χ2n) is 8.10. The van der Waals surface area contributed by atoms with Crippen LogP contribution in [0.4, 0.5) is 0 Å². The number of carbonyl (C=O) groups is 2. The average Bonchev–Trinajstić information content (AvgIpc) is 2.58. The molecule has 0 radical (unpaired) electrons. The zero-order valence-electron chi connectivity index (χ0n) is 16.5. The Morgan fingerprint density at radius 3 is 2.37 bits per heavy atom. The van der Waals surface area contributed by atoms with Crippen molar-refractivity contribution < 1.29 is 19.8 Å². The van der Waals surface area contributed by atoms with E-state index in [0.717, 1.165) is 5.56 Å². The molecule has 0 aliphatic carbocycles. The van der Waals surface area contributed by atoms with E-state index in [2.05, 4.69) is 0 Å². The number of amides is 1. The van der Waals surface area contributed by atoms with Crippen molar-refractivity contribution in [1.29, 1.82) is 0 Å². The number of carboxylic acid groups (broad SMARTS) is 1. The molecule has 5 nitrogen and oxygen atoms in total. The van der Waals surface area contributed by atoms with Crippen LogP contribution in [0.15, 0.2) is 24.3 Å². The summed E-state index contributed by atoms with van der Waals surface area (Å²) in [4.78, 5) is 26.4. The summed E-state index contributed by atoms with van der Waals surface area (Å²) in [5.41, 5.74) is 0.0357. The molecule has 0 bridgehead atoms. The molecule has 1 aromatic rings. The van der Waals surface area contributed by atoms with Gasteiger partial charge in [-0.3, -0.25) is 9.59 Å². The Bertz CT molecular complexity index is 668. The van der Waals surface area contributed by atoms with E-state index in [9.17, 15) is 19.8 Å². The number of hydrogen-bond acceptors (Lipinski definition) is 3. The van der Waals surface area contributed by atoms with E-state index in [4.69, 9.17) is 11.6 Å². The van der Waals surface area contributed by atoms with Crippen LogP contribution in [-0.2, 0) is 9.59 Å². The van der Waals surface area contributed by atoms with Gasteiger partial charge in [0.2, 0.25) is 5.91 Å². The van der Waals surface area contributed by atoms with E-state index in [1.807, 2.05) is 43.0 Å². The second kappa shape index (κ2) is 8.61. The van der Waals surface area contributed by atoms with Crippen molar-refractivity contribution in [1.82, 2.24) is 4.90 Å². The second-order valence-corrected chi connectivity index (χ2v) is 8.54. The molecule has 0 unspecified atom stereocenters. The van der Waals surface area contributed by atoms with Gasteiger partial charge in [-0.05, 0) is 50.8 Å². The third-order valence-electron chi connectivity index (χ3n) is 5.87. The standard InChI is InChI=1S/C21H30ClNO4/c1-5-17(13(2)21(3,4)27)23-18(14-6-9-16(22)10-7-14)11-8-15(20(23)26)12-19(24)25/h6-7,9-10,13,15,17-18,27H,5,8,11-12H2,1-4H3,(H,24,25)/t13-,15+,17-,18-/m0/s1. The Kier molecular flexibility index (Phi) is 6.92. The number of hydrogen-bond donors (Lipinski definition) is 2. The summed E-state index contributed by atoms with van der Waals surface area (Å²) in [6.45, 7) is 7.45. The molecule has 1 saturated heterocycles. The molecular weight excluding hydrogens is 366 g/mol. The lowest BCUT2D eigenvalue weighted by atomic mass is 9.79. The van der Waals surface area contributed by atoms with Crippen LogP contribution >= 0.6 is 11.6 Å². The van der Waals surface area contributed by atoms with E-state index in [1.54, 1.807) is 13.8 Å². The number of carboxylic acids is 1. The zero-order valence-corrected chi connectivity index (χ0v) is 17.2. The third-order valence-corrected chi connectivity index (χ3v) is 6.12. The van der Waals surface area contributed by atoms with E-state index in [0.29, 0.717) is 24.3 Å². The Labute approximate surface area is 166 Å². The molecule has 1 heterocycles. The molecule has 1 amide bonds. The Hall–Kier alpha value is -1.59. The number of aliphatic carboxylic acids is 1. The van der Waals surface area contributed by atoms with E-state index >= 15 is 0 Å². The maximum absolute atomic E-state index is 13.3. The van der Waals surface area contributed by atoms with E-state index in [-0.39, 0.29) is 30.3 Å². The Morgan fingerprint density at radius 2 is 1.89 bits per heavy atom. The molecule has 6 heteroatoms. The summed E-state index contributed by atoms with van der Waals surface area (Å²) in [5, 5.41) is 20.4. The van der Waals surface area contributed by atoms with Gasteiger partial charge in [-0.25, -0.2) is 0 Å². The summed E-state index contributed by atoms with van der Waals surface area (Å²) in [6, 6.07) is 7.13. The van der Waals surface area contributed by atoms with Gasteiger partial charge in [0.15, 0.2) is 0 Å². The molecule has 27 heavy (non-hydrogen) atoms. The summed E-state index contributed by atoms with van der Waals surface area (Å²) >= 11 is 6.02. The van der Waals surface area contributed by atoms with Gasteiger partial charge >= 0.3 is 5.97 Å². The molecule has 1 aliphatic heterocycles. The number of rotatable bonds is 7. The van der Waals surface area contributed by atoms with Crippen molar-refractivity contribution in [2.75, 3.05) is 0 Å². The number of likely N-dealkylation sites (tertiary alicyclic amines) is 1. The maximum atomic E-state index is 13.3. The van der Waals surface area contributed by atoms with Crippen molar-refractivity contribution in [2.45, 2.75) is 71.1 Å². The molecule has 1 aromatic carbocycles. The normalized spacial score (nSPS) is 23.2. The van der Waals surface area contributed by atoms with Crippen LogP contribution in [0.25, 0.3) is 0 Å². The largest absolute Gasteiger partial charge is 0.481 e. The van der Waals surface area contributed by atoms with Gasteiger partial charge in [-0.15, -0.1) is 0 Å². The highest BCUT2D eigenvalue weighted by molar-refractivity contribution is 6.30. The molecule has 4 atom stereocenters. The first-order chi connectivity index (χ1) is 12.6. The molecular formula is C21H30ClNO4. The van der Waals surface area contributed by atoms with Crippen molar-refractivity contribution in [3.05, 3.63) is 34.9 Å². The monoisotopic (exact) mass is 395 g/mol. The van der Waals surface area contributed by atoms with Crippen LogP contribution < -0.4 is 0 Å². The van der Waals surface area contributed by atoms with Crippen LogP contribution in [0, 0.1) is 11.8 Å². The summed E-state index contributed by atoms with van der Waals surface area (Å²) in [7, 11) is 0. The quantitative estimate of drug-likeness (QED) is 0.722. The Morgan fingerprint density at radius 1 is 1.30 bits per heavy atom. The first kappa shape index (κ1) is 21.7. The summed E-state index contributed by atoms with van der Waals surface area (Å²) in [5.74, 6) is -1.77. The fourth-order valence-electron chi connectivity index (χ4n) is 4.05. The minimum Gasteiger partial charge on any atom is -0.481 e. The average molecular weight is 396 g/mol. The van der Waals surface area contributed by atoms with Crippen LogP contribution in [-0.4, -0.2) is 38.6 Å². The topological polar surface area (TPSA) is 77.8 Å². The number of benzene rings is 1. The molecule has 2 N–H and O–H groups in total. The molecule has 150 valence electrons. The highest BCUT2D eigenvalue weighted by Crippen LogP contribution is 2.40. The summed E-state index contributed by atoms with van der Waals surface area (Å²) in [6.07, 6.45) is 1.76.